The number of fused-ring (bicyclic) bond motifs is 1. The predicted octanol–water partition coefficient (Wildman–Crippen LogP) is 3.01. The number of hydrogen-bond acceptors (Lipinski definition) is 5. The van der Waals surface area contributed by atoms with E-state index in [2.05, 4.69) is 0 Å². The van der Waals surface area contributed by atoms with Crippen LogP contribution in [-0.4, -0.2) is 51.9 Å². The van der Waals surface area contributed by atoms with Crippen molar-refractivity contribution in [2.45, 2.75) is 48.8 Å². The van der Waals surface area contributed by atoms with Crippen LogP contribution in [0.2, 0.25) is 0 Å². The van der Waals surface area contributed by atoms with Crippen molar-refractivity contribution in [3.63, 3.8) is 0 Å². The molecule has 0 aliphatic carbocycles. The van der Waals surface area contributed by atoms with E-state index in [0.717, 1.165) is 19.3 Å². The van der Waals surface area contributed by atoms with E-state index in [9.17, 15) is 26.7 Å². The lowest BCUT2D eigenvalue weighted by Crippen LogP contribution is -2.37. The molecule has 0 bridgehead atoms. The molecule has 2 aliphatic rings. The van der Waals surface area contributed by atoms with Crippen LogP contribution in [0.15, 0.2) is 46.2 Å². The second kappa shape index (κ2) is 8.49. The smallest absolute Gasteiger partial charge is 0.335 e. The number of carboxylic acids is 1. The van der Waals surface area contributed by atoms with Gasteiger partial charge in [-0.1, -0.05) is 12.5 Å². The van der Waals surface area contributed by atoms with Crippen molar-refractivity contribution in [1.82, 2.24) is 4.31 Å². The van der Waals surface area contributed by atoms with E-state index >= 15 is 0 Å². The number of anilines is 1. The number of aryl methyl sites for hydroxylation is 2. The van der Waals surface area contributed by atoms with E-state index in [0.29, 0.717) is 42.7 Å². The third kappa shape index (κ3) is 4.02. The SMILES string of the molecule is Cc1ccc(C(=O)O)cc1S(=O)(=O)N1CCCc2cc(S(=O)(=O)N3CCCCC3)ccc21. The maximum Gasteiger partial charge on any atom is 0.335 e. The quantitative estimate of drug-likeness (QED) is 0.707. The van der Waals surface area contributed by atoms with Crippen LogP contribution in [0.1, 0.15) is 47.2 Å². The second-order valence-electron chi connectivity index (χ2n) is 8.22. The van der Waals surface area contributed by atoms with Crippen LogP contribution in [0.25, 0.3) is 0 Å². The molecule has 32 heavy (non-hydrogen) atoms. The molecule has 0 amide bonds. The first-order valence-corrected chi connectivity index (χ1v) is 13.5. The number of aromatic carboxylic acids is 1. The Morgan fingerprint density at radius 1 is 0.875 bits per heavy atom. The molecule has 4 rings (SSSR count). The summed E-state index contributed by atoms with van der Waals surface area (Å²) in [4.78, 5) is 11.5. The van der Waals surface area contributed by atoms with Crippen molar-refractivity contribution in [2.24, 2.45) is 0 Å². The Labute approximate surface area is 188 Å². The highest BCUT2D eigenvalue weighted by molar-refractivity contribution is 7.93. The van der Waals surface area contributed by atoms with Crippen LogP contribution in [0, 0.1) is 6.92 Å². The first kappa shape index (κ1) is 22.8. The van der Waals surface area contributed by atoms with Crippen LogP contribution in [-0.2, 0) is 26.5 Å². The number of sulfonamides is 2. The molecule has 0 spiro atoms. The number of hydrogen-bond donors (Lipinski definition) is 1. The lowest BCUT2D eigenvalue weighted by Gasteiger charge is -2.32. The average Bonchev–Trinajstić information content (AvgIpc) is 2.78. The fraction of sp³-hybridized carbons (Fsp3) is 0.409. The third-order valence-corrected chi connectivity index (χ3v) is 9.93. The standard InChI is InChI=1S/C22H26N2O6S2/c1-16-7-8-18(22(25)26)15-21(16)32(29,30)24-13-5-6-17-14-19(9-10-20(17)24)31(27,28)23-11-3-2-4-12-23/h7-10,14-15H,2-6,11-13H2,1H3,(H,25,26). The van der Waals surface area contributed by atoms with E-state index < -0.39 is 26.0 Å². The van der Waals surface area contributed by atoms with Crippen molar-refractivity contribution in [3.05, 3.63) is 53.1 Å². The van der Waals surface area contributed by atoms with Crippen LogP contribution < -0.4 is 4.31 Å². The number of carboxylic acid groups (broad SMARTS) is 1. The number of rotatable bonds is 5. The van der Waals surface area contributed by atoms with Gasteiger partial charge in [-0.05, 0) is 74.1 Å². The van der Waals surface area contributed by atoms with Crippen LogP contribution in [0.4, 0.5) is 5.69 Å². The molecule has 0 unspecified atom stereocenters. The molecule has 2 aromatic rings. The highest BCUT2D eigenvalue weighted by Crippen LogP contribution is 2.35. The van der Waals surface area contributed by atoms with E-state index in [1.165, 1.54) is 32.9 Å². The molecule has 172 valence electrons. The average molecular weight is 479 g/mol. The summed E-state index contributed by atoms with van der Waals surface area (Å²) in [5, 5.41) is 9.28. The molecule has 0 aromatic heterocycles. The first-order valence-electron chi connectivity index (χ1n) is 10.6. The van der Waals surface area contributed by atoms with E-state index in [-0.39, 0.29) is 21.9 Å². The molecule has 1 fully saturated rings. The van der Waals surface area contributed by atoms with Crippen LogP contribution >= 0.6 is 0 Å². The predicted molar refractivity (Wildman–Crippen MR) is 120 cm³/mol. The Kier molecular flexibility index (Phi) is 6.04. The zero-order valence-corrected chi connectivity index (χ0v) is 19.5. The molecule has 1 saturated heterocycles. The number of piperidine rings is 1. The monoisotopic (exact) mass is 478 g/mol. The van der Waals surface area contributed by atoms with Crippen molar-refractivity contribution in [3.8, 4) is 0 Å². The summed E-state index contributed by atoms with van der Waals surface area (Å²) in [6, 6.07) is 8.64. The molecule has 1 N–H and O–H groups in total. The topological polar surface area (TPSA) is 112 Å². The van der Waals surface area contributed by atoms with Crippen molar-refractivity contribution < 1.29 is 26.7 Å². The molecule has 0 radical (unpaired) electrons. The van der Waals surface area contributed by atoms with Gasteiger partial charge >= 0.3 is 5.97 Å². The van der Waals surface area contributed by atoms with E-state index in [1.807, 2.05) is 0 Å². The molecule has 2 heterocycles. The summed E-state index contributed by atoms with van der Waals surface area (Å²) >= 11 is 0. The van der Waals surface area contributed by atoms with Crippen LogP contribution in [0.5, 0.6) is 0 Å². The van der Waals surface area contributed by atoms with Gasteiger partial charge in [-0.2, -0.15) is 4.31 Å². The maximum absolute atomic E-state index is 13.5. The largest absolute Gasteiger partial charge is 0.478 e. The number of benzene rings is 2. The normalized spacial score (nSPS) is 17.7. The summed E-state index contributed by atoms with van der Waals surface area (Å²) < 4.78 is 55.8. The Morgan fingerprint density at radius 2 is 1.59 bits per heavy atom. The van der Waals surface area contributed by atoms with Gasteiger partial charge in [-0.3, -0.25) is 4.31 Å². The number of carbonyl (C=O) groups is 1. The van der Waals surface area contributed by atoms with Gasteiger partial charge in [0.25, 0.3) is 10.0 Å². The molecular weight excluding hydrogens is 452 g/mol. The third-order valence-electron chi connectivity index (χ3n) is 6.08. The summed E-state index contributed by atoms with van der Waals surface area (Å²) in [7, 11) is -7.64. The lowest BCUT2D eigenvalue weighted by atomic mass is 10.0. The molecule has 2 aromatic carbocycles. The fourth-order valence-corrected chi connectivity index (χ4v) is 7.70. The van der Waals surface area contributed by atoms with Gasteiger partial charge in [0.1, 0.15) is 0 Å². The molecule has 10 heteroatoms. The van der Waals surface area contributed by atoms with Gasteiger partial charge in [0.05, 0.1) is 21.0 Å². The van der Waals surface area contributed by atoms with E-state index in [1.54, 1.807) is 19.1 Å². The molecule has 2 aliphatic heterocycles. The minimum atomic E-state index is -4.02. The fourth-order valence-electron chi connectivity index (χ4n) is 4.33. The lowest BCUT2D eigenvalue weighted by molar-refractivity contribution is 0.0696. The van der Waals surface area contributed by atoms with Gasteiger partial charge in [0.2, 0.25) is 10.0 Å². The van der Waals surface area contributed by atoms with Gasteiger partial charge in [-0.15, -0.1) is 0 Å². The second-order valence-corrected chi connectivity index (χ2v) is 12.0. The molecule has 0 saturated carbocycles. The Morgan fingerprint density at radius 3 is 2.28 bits per heavy atom. The Balaban J connectivity index is 1.73. The highest BCUT2D eigenvalue weighted by atomic mass is 32.2. The molecule has 8 nitrogen and oxygen atoms in total. The van der Waals surface area contributed by atoms with Crippen molar-refractivity contribution >= 4 is 31.7 Å². The maximum atomic E-state index is 13.5. The van der Waals surface area contributed by atoms with Crippen LogP contribution in [0.3, 0.4) is 0 Å². The van der Waals surface area contributed by atoms with E-state index in [4.69, 9.17) is 0 Å². The summed E-state index contributed by atoms with van der Waals surface area (Å²) in [5.41, 5.74) is 1.44. The van der Waals surface area contributed by atoms with Gasteiger partial charge in [0.15, 0.2) is 0 Å². The number of nitrogens with zero attached hydrogens (tertiary/aromatic N) is 2. The summed E-state index contributed by atoms with van der Waals surface area (Å²) in [6.07, 6.45) is 3.80. The molecular formula is C22H26N2O6S2. The Hall–Kier alpha value is -2.43. The first-order chi connectivity index (χ1) is 15.1. The summed E-state index contributed by atoms with van der Waals surface area (Å²) in [6.45, 7) is 2.86. The minimum absolute atomic E-state index is 0.0599. The van der Waals surface area contributed by atoms with Gasteiger partial charge in [-0.25, -0.2) is 21.6 Å². The minimum Gasteiger partial charge on any atom is -0.478 e. The van der Waals surface area contributed by atoms with Gasteiger partial charge < -0.3 is 5.11 Å². The van der Waals surface area contributed by atoms with Gasteiger partial charge in [0, 0.05) is 19.6 Å². The van der Waals surface area contributed by atoms with Crippen molar-refractivity contribution in [2.75, 3.05) is 23.9 Å². The highest BCUT2D eigenvalue weighted by Gasteiger charge is 2.33. The Bertz CT molecular complexity index is 1270. The summed E-state index contributed by atoms with van der Waals surface area (Å²) in [5.74, 6) is -1.20. The zero-order chi connectivity index (χ0) is 23.1. The van der Waals surface area contributed by atoms with Crippen molar-refractivity contribution in [1.29, 1.82) is 0 Å². The zero-order valence-electron chi connectivity index (χ0n) is 17.8. The molecule has 0 atom stereocenters.